The van der Waals surface area contributed by atoms with Crippen LogP contribution < -0.4 is 4.74 Å². The molecule has 0 aromatic heterocycles. The third kappa shape index (κ3) is 4.27. The van der Waals surface area contributed by atoms with E-state index in [-0.39, 0.29) is 12.0 Å². The van der Waals surface area contributed by atoms with Crippen LogP contribution in [0.5, 0.6) is 5.75 Å². The minimum Gasteiger partial charge on any atom is -0.478 e. The molecule has 0 radical (unpaired) electrons. The van der Waals surface area contributed by atoms with Crippen molar-refractivity contribution in [2.75, 3.05) is 20.3 Å². The molecule has 0 amide bonds. The molecule has 1 aliphatic rings. The molecular weight excluding hydrogens is 378 g/mol. The number of oxime groups is 1. The van der Waals surface area contributed by atoms with Gasteiger partial charge in [0.05, 0.1) is 7.11 Å². The lowest BCUT2D eigenvalue weighted by Crippen LogP contribution is -2.34. The van der Waals surface area contributed by atoms with E-state index in [1.54, 1.807) is 6.07 Å². The molecule has 132 valence electrons. The zero-order valence-electron chi connectivity index (χ0n) is 14.2. The van der Waals surface area contributed by atoms with Crippen molar-refractivity contribution in [3.05, 3.63) is 28.2 Å². The Morgan fingerprint density at radius 1 is 1.46 bits per heavy atom. The Balaban J connectivity index is 2.36. The fraction of sp³-hybridized carbons (Fsp3) is 0.529. The van der Waals surface area contributed by atoms with Crippen molar-refractivity contribution in [1.29, 1.82) is 0 Å². The molecule has 24 heavy (non-hydrogen) atoms. The predicted molar refractivity (Wildman–Crippen MR) is 93.3 cm³/mol. The number of halogens is 1. The van der Waals surface area contributed by atoms with E-state index in [1.165, 1.54) is 7.11 Å². The number of carbonyl (C=O) groups is 1. The van der Waals surface area contributed by atoms with Crippen LogP contribution in [0, 0.1) is 5.92 Å². The van der Waals surface area contributed by atoms with Crippen molar-refractivity contribution < 1.29 is 23.8 Å². The molecule has 0 aliphatic carbocycles. The SMILES string of the molecule is CCOC1CON=C1c1cc(Br)ccc1O[C@H](C(=O)OC)C(C)C. The Kier molecular flexibility index (Phi) is 6.62. The highest BCUT2D eigenvalue weighted by atomic mass is 79.9. The van der Waals surface area contributed by atoms with Gasteiger partial charge in [0.15, 0.2) is 6.10 Å². The Morgan fingerprint density at radius 2 is 2.21 bits per heavy atom. The van der Waals surface area contributed by atoms with Gasteiger partial charge in [0.25, 0.3) is 0 Å². The van der Waals surface area contributed by atoms with Crippen LogP contribution in [-0.2, 0) is 19.1 Å². The fourth-order valence-corrected chi connectivity index (χ4v) is 2.74. The number of carbonyl (C=O) groups excluding carboxylic acids is 1. The molecule has 0 N–H and O–H groups in total. The summed E-state index contributed by atoms with van der Waals surface area (Å²) in [4.78, 5) is 17.2. The number of ether oxygens (including phenoxy) is 3. The molecule has 0 bridgehead atoms. The van der Waals surface area contributed by atoms with Gasteiger partial charge < -0.3 is 19.0 Å². The second-order valence-corrected chi connectivity index (χ2v) is 6.58. The minimum absolute atomic E-state index is 0.0431. The molecule has 0 spiro atoms. The van der Waals surface area contributed by atoms with Gasteiger partial charge in [0, 0.05) is 22.6 Å². The fourth-order valence-electron chi connectivity index (χ4n) is 2.38. The Labute approximate surface area is 150 Å². The number of nitrogens with zero attached hydrogens (tertiary/aromatic N) is 1. The van der Waals surface area contributed by atoms with Gasteiger partial charge >= 0.3 is 5.97 Å². The van der Waals surface area contributed by atoms with Gasteiger partial charge in [0.1, 0.15) is 24.2 Å². The van der Waals surface area contributed by atoms with Crippen molar-refractivity contribution in [2.24, 2.45) is 11.1 Å². The summed E-state index contributed by atoms with van der Waals surface area (Å²) in [5.74, 6) is 0.0829. The summed E-state index contributed by atoms with van der Waals surface area (Å²) >= 11 is 3.46. The maximum Gasteiger partial charge on any atom is 0.347 e. The summed E-state index contributed by atoms with van der Waals surface area (Å²) in [6, 6.07) is 5.52. The largest absolute Gasteiger partial charge is 0.478 e. The maximum absolute atomic E-state index is 12.0. The summed E-state index contributed by atoms with van der Waals surface area (Å²) in [5.41, 5.74) is 1.38. The third-order valence-corrected chi connectivity index (χ3v) is 4.07. The average Bonchev–Trinajstić information content (AvgIpc) is 3.01. The van der Waals surface area contributed by atoms with E-state index in [9.17, 15) is 4.79 Å². The first-order valence-electron chi connectivity index (χ1n) is 7.83. The Morgan fingerprint density at radius 3 is 2.83 bits per heavy atom. The zero-order valence-corrected chi connectivity index (χ0v) is 15.8. The molecule has 2 rings (SSSR count). The van der Waals surface area contributed by atoms with E-state index >= 15 is 0 Å². The van der Waals surface area contributed by atoms with Gasteiger partial charge in [-0.1, -0.05) is 34.9 Å². The molecule has 7 heteroatoms. The molecular formula is C17H22BrNO5. The minimum atomic E-state index is -0.705. The van der Waals surface area contributed by atoms with E-state index in [0.29, 0.717) is 24.7 Å². The molecule has 0 saturated carbocycles. The highest BCUT2D eigenvalue weighted by Crippen LogP contribution is 2.29. The van der Waals surface area contributed by atoms with Crippen LogP contribution >= 0.6 is 15.9 Å². The zero-order chi connectivity index (χ0) is 17.7. The molecule has 1 aromatic rings. The van der Waals surface area contributed by atoms with E-state index < -0.39 is 12.1 Å². The summed E-state index contributed by atoms with van der Waals surface area (Å²) < 4.78 is 17.3. The number of hydrogen-bond acceptors (Lipinski definition) is 6. The van der Waals surface area contributed by atoms with E-state index in [1.807, 2.05) is 32.9 Å². The van der Waals surface area contributed by atoms with Crippen molar-refractivity contribution in [3.63, 3.8) is 0 Å². The standard InChI is InChI=1S/C17H22BrNO5/c1-5-22-14-9-23-19-15(14)12-8-11(18)6-7-13(12)24-16(10(2)3)17(20)21-4/h6-8,10,14,16H,5,9H2,1-4H3/t14?,16-/m0/s1. The summed E-state index contributed by atoms with van der Waals surface area (Å²) in [7, 11) is 1.35. The lowest BCUT2D eigenvalue weighted by Gasteiger charge is -2.22. The average molecular weight is 400 g/mol. The lowest BCUT2D eigenvalue weighted by atomic mass is 10.0. The molecule has 1 aromatic carbocycles. The van der Waals surface area contributed by atoms with Gasteiger partial charge in [-0.15, -0.1) is 0 Å². The van der Waals surface area contributed by atoms with Gasteiger partial charge in [-0.2, -0.15) is 0 Å². The molecule has 2 atom stereocenters. The van der Waals surface area contributed by atoms with Crippen LogP contribution in [0.4, 0.5) is 0 Å². The predicted octanol–water partition coefficient (Wildman–Crippen LogP) is 3.16. The normalized spacial score (nSPS) is 18.1. The molecule has 0 saturated heterocycles. The third-order valence-electron chi connectivity index (χ3n) is 3.57. The summed E-state index contributed by atoms with van der Waals surface area (Å²) in [6.45, 7) is 6.63. The number of hydrogen-bond donors (Lipinski definition) is 0. The Bertz CT molecular complexity index is 617. The molecule has 0 fully saturated rings. The molecule has 1 unspecified atom stereocenters. The molecule has 1 heterocycles. The van der Waals surface area contributed by atoms with Gasteiger partial charge in [-0.3, -0.25) is 0 Å². The summed E-state index contributed by atoms with van der Waals surface area (Å²) in [5, 5.41) is 4.10. The topological polar surface area (TPSA) is 66.3 Å². The number of methoxy groups -OCH3 is 1. The molecule has 1 aliphatic heterocycles. The van der Waals surface area contributed by atoms with Crippen LogP contribution in [0.15, 0.2) is 27.8 Å². The maximum atomic E-state index is 12.0. The quantitative estimate of drug-likeness (QED) is 0.658. The van der Waals surface area contributed by atoms with E-state index in [0.717, 1.165) is 10.0 Å². The first kappa shape index (κ1) is 18.7. The number of benzene rings is 1. The summed E-state index contributed by atoms with van der Waals surface area (Å²) in [6.07, 6.45) is -0.967. The van der Waals surface area contributed by atoms with Crippen molar-refractivity contribution >= 4 is 27.6 Å². The van der Waals surface area contributed by atoms with E-state index in [2.05, 4.69) is 21.1 Å². The first-order valence-corrected chi connectivity index (χ1v) is 8.63. The van der Waals surface area contributed by atoms with Crippen LogP contribution in [0.3, 0.4) is 0 Å². The highest BCUT2D eigenvalue weighted by Gasteiger charge is 2.31. The van der Waals surface area contributed by atoms with Crippen molar-refractivity contribution in [2.45, 2.75) is 33.0 Å². The van der Waals surface area contributed by atoms with Gasteiger partial charge in [-0.25, -0.2) is 4.79 Å². The van der Waals surface area contributed by atoms with Crippen LogP contribution in [0.25, 0.3) is 0 Å². The molecule has 6 nitrogen and oxygen atoms in total. The second-order valence-electron chi connectivity index (χ2n) is 5.66. The second kappa shape index (κ2) is 8.48. The number of esters is 1. The smallest absolute Gasteiger partial charge is 0.347 e. The van der Waals surface area contributed by atoms with Crippen LogP contribution in [0.2, 0.25) is 0 Å². The Hall–Kier alpha value is -1.60. The van der Waals surface area contributed by atoms with Crippen molar-refractivity contribution in [1.82, 2.24) is 0 Å². The van der Waals surface area contributed by atoms with Gasteiger partial charge in [0.2, 0.25) is 0 Å². The highest BCUT2D eigenvalue weighted by molar-refractivity contribution is 9.10. The van der Waals surface area contributed by atoms with Gasteiger partial charge in [-0.05, 0) is 25.1 Å². The van der Waals surface area contributed by atoms with Crippen LogP contribution in [0.1, 0.15) is 26.3 Å². The van der Waals surface area contributed by atoms with Crippen LogP contribution in [-0.4, -0.2) is 44.2 Å². The van der Waals surface area contributed by atoms with E-state index in [4.69, 9.17) is 19.0 Å². The number of rotatable bonds is 7. The first-order chi connectivity index (χ1) is 11.5. The lowest BCUT2D eigenvalue weighted by molar-refractivity contribution is -0.150. The monoisotopic (exact) mass is 399 g/mol. The van der Waals surface area contributed by atoms with Crippen molar-refractivity contribution in [3.8, 4) is 5.75 Å².